The molecule has 0 radical (unpaired) electrons. The lowest BCUT2D eigenvalue weighted by Gasteiger charge is -2.25. The molecule has 1 aliphatic rings. The topological polar surface area (TPSA) is 94.5 Å². The fourth-order valence-electron chi connectivity index (χ4n) is 2.08. The predicted molar refractivity (Wildman–Crippen MR) is 71.1 cm³/mol. The van der Waals surface area contributed by atoms with Gasteiger partial charge in [-0.05, 0) is 6.42 Å². The summed E-state index contributed by atoms with van der Waals surface area (Å²) in [6.45, 7) is 1.76. The van der Waals surface area contributed by atoms with Gasteiger partial charge in [-0.1, -0.05) is 0 Å². The molecule has 0 aromatic rings. The van der Waals surface area contributed by atoms with Crippen molar-refractivity contribution in [2.75, 3.05) is 33.6 Å². The summed E-state index contributed by atoms with van der Waals surface area (Å²) in [5, 5.41) is 8.75. The normalized spacial score (nSPS) is 34.3. The van der Waals surface area contributed by atoms with Crippen molar-refractivity contribution in [1.82, 2.24) is 0 Å². The zero-order valence-corrected chi connectivity index (χ0v) is 12.4. The zero-order valence-electron chi connectivity index (χ0n) is 11.5. The number of hydrogen-bond acceptors (Lipinski definition) is 6. The van der Waals surface area contributed by atoms with Gasteiger partial charge in [0.25, 0.3) is 0 Å². The van der Waals surface area contributed by atoms with Crippen LogP contribution >= 0.6 is 7.60 Å². The summed E-state index contributed by atoms with van der Waals surface area (Å²) in [5.41, 5.74) is 0. The summed E-state index contributed by atoms with van der Waals surface area (Å²) in [7, 11) is -0.307. The first kappa shape index (κ1) is 17.1. The van der Waals surface area contributed by atoms with Gasteiger partial charge >= 0.3 is 7.60 Å². The van der Waals surface area contributed by atoms with E-state index in [1.165, 1.54) is 7.11 Å². The van der Waals surface area contributed by atoms with E-state index in [0.29, 0.717) is 13.0 Å². The Kier molecular flexibility index (Phi) is 6.97. The number of ether oxygens (including phenoxy) is 3. The second kappa shape index (κ2) is 7.74. The van der Waals surface area contributed by atoms with E-state index < -0.39 is 25.9 Å². The Balaban J connectivity index is 2.70. The summed E-state index contributed by atoms with van der Waals surface area (Å²) in [5.74, 6) is 0. The van der Waals surface area contributed by atoms with Crippen molar-refractivity contribution in [3.8, 4) is 0 Å². The minimum Gasteiger partial charge on any atom is -0.396 e. The molecule has 1 rings (SSSR count). The third-order valence-electron chi connectivity index (χ3n) is 2.80. The van der Waals surface area contributed by atoms with Gasteiger partial charge in [0.05, 0.1) is 12.6 Å². The van der Waals surface area contributed by atoms with Crippen LogP contribution in [0.2, 0.25) is 0 Å². The van der Waals surface area contributed by atoms with E-state index in [-0.39, 0.29) is 19.2 Å². The molecule has 112 valence electrons. The second-order valence-electron chi connectivity index (χ2n) is 4.62. The molecule has 0 amide bonds. The van der Waals surface area contributed by atoms with E-state index in [2.05, 4.69) is 0 Å². The molecule has 1 fully saturated rings. The predicted octanol–water partition coefficient (Wildman–Crippen LogP) is -1.04. The molecule has 0 aromatic heterocycles. The molecule has 0 aliphatic carbocycles. The molecule has 0 bridgehead atoms. The summed E-state index contributed by atoms with van der Waals surface area (Å²) >= 11 is 0. The third kappa shape index (κ3) is 5.51. The van der Waals surface area contributed by atoms with Crippen molar-refractivity contribution < 1.29 is 33.3 Å². The van der Waals surface area contributed by atoms with E-state index in [1.54, 1.807) is 0 Å². The highest BCUT2D eigenvalue weighted by Gasteiger charge is 2.46. The van der Waals surface area contributed by atoms with Crippen molar-refractivity contribution >= 4 is 15.4 Å². The quantitative estimate of drug-likeness (QED) is 0.335. The molecule has 19 heavy (non-hydrogen) atoms. The number of methoxy groups -OCH3 is 1. The Hall–Kier alpha value is 0.0549. The monoisotopic (exact) mass is 296 g/mol. The minimum atomic E-state index is -3.64. The lowest BCUT2D eigenvalue weighted by atomic mass is 9.93. The number of aliphatic hydroxyl groups is 1. The smallest absolute Gasteiger partial charge is 0.325 e. The van der Waals surface area contributed by atoms with Crippen LogP contribution in [-0.2, 0) is 23.3 Å². The van der Waals surface area contributed by atoms with Crippen molar-refractivity contribution in [2.24, 2.45) is 0 Å². The van der Waals surface area contributed by atoms with Crippen LogP contribution in [0.5, 0.6) is 0 Å². The second-order valence-corrected chi connectivity index (χ2v) is 6.44. The van der Waals surface area contributed by atoms with Gasteiger partial charge in [0.2, 0.25) is 0 Å². The Bertz CT molecular complexity index is 310. The average molecular weight is 296 g/mol. The molecule has 7 nitrogen and oxygen atoms in total. The van der Waals surface area contributed by atoms with Gasteiger partial charge in [-0.25, -0.2) is 0 Å². The Morgan fingerprint density at radius 3 is 2.63 bits per heavy atom. The first-order valence-corrected chi connectivity index (χ1v) is 8.27. The van der Waals surface area contributed by atoms with Crippen molar-refractivity contribution in [2.45, 2.75) is 30.7 Å². The molecular formula is C10H22BO7P. The molecule has 0 aromatic carbocycles. The Morgan fingerprint density at radius 2 is 2.11 bits per heavy atom. The van der Waals surface area contributed by atoms with Crippen LogP contribution in [0.15, 0.2) is 0 Å². The molecule has 2 N–H and O–H groups in total. The maximum absolute atomic E-state index is 11.4. The highest BCUT2D eigenvalue weighted by atomic mass is 31.2. The highest BCUT2D eigenvalue weighted by molar-refractivity contribution is 7.51. The fourth-order valence-corrected chi connectivity index (χ4v) is 2.78. The van der Waals surface area contributed by atoms with Crippen molar-refractivity contribution in [1.29, 1.82) is 0 Å². The van der Waals surface area contributed by atoms with E-state index in [0.717, 1.165) is 6.66 Å². The lowest BCUT2D eigenvalue weighted by Crippen LogP contribution is -2.38. The van der Waals surface area contributed by atoms with Gasteiger partial charge in [-0.2, -0.15) is 0 Å². The molecule has 1 aliphatic heterocycles. The van der Waals surface area contributed by atoms with Gasteiger partial charge in [-0.3, -0.25) is 9.09 Å². The van der Waals surface area contributed by atoms with Crippen LogP contribution in [0.1, 0.15) is 6.42 Å². The molecule has 1 heterocycles. The first-order valence-electron chi connectivity index (χ1n) is 6.24. The molecule has 0 saturated carbocycles. The molecular weight excluding hydrogens is 274 g/mol. The lowest BCUT2D eigenvalue weighted by molar-refractivity contribution is -0.0266. The van der Waals surface area contributed by atoms with Crippen LogP contribution in [0.4, 0.5) is 0 Å². The Morgan fingerprint density at radius 1 is 1.42 bits per heavy atom. The van der Waals surface area contributed by atoms with E-state index in [9.17, 15) is 9.46 Å². The third-order valence-corrected chi connectivity index (χ3v) is 3.44. The largest absolute Gasteiger partial charge is 0.396 e. The fraction of sp³-hybridized carbons (Fsp3) is 1.00. The van der Waals surface area contributed by atoms with Gasteiger partial charge in [0.1, 0.15) is 26.2 Å². The summed E-state index contributed by atoms with van der Waals surface area (Å²) in [6.07, 6.45) is -1.06. The van der Waals surface area contributed by atoms with Gasteiger partial charge in [-0.15, -0.1) is 0 Å². The minimum absolute atomic E-state index is 0.0290. The van der Waals surface area contributed by atoms with Crippen molar-refractivity contribution in [3.63, 3.8) is 0 Å². The molecule has 1 saturated heterocycles. The number of rotatable bonds is 8. The van der Waals surface area contributed by atoms with Crippen LogP contribution in [0.3, 0.4) is 0 Å². The van der Waals surface area contributed by atoms with Crippen LogP contribution in [-0.4, -0.2) is 75.8 Å². The van der Waals surface area contributed by atoms with Crippen LogP contribution < -0.4 is 0 Å². The highest BCUT2D eigenvalue weighted by Crippen LogP contribution is 2.42. The SMILES string of the molecule is B[C@@H]1O[C@H](COC)C(OP(C)(=O)O)C1OCCCO. The first-order chi connectivity index (χ1) is 8.89. The molecule has 9 heteroatoms. The standard InChI is InChI=1S/C10H22BO7P/c1-15-6-7-8(18-19(2,13)14)9(10(11)17-7)16-5-3-4-12/h7-10,12H,3-6,11H2,1-2H3,(H,13,14)/t7-,8?,9?,10-/m1/s1. The summed E-state index contributed by atoms with van der Waals surface area (Å²) in [6, 6.07) is -0.268. The van der Waals surface area contributed by atoms with Crippen LogP contribution in [0.25, 0.3) is 0 Å². The number of hydrogen-bond donors (Lipinski definition) is 2. The van der Waals surface area contributed by atoms with Crippen molar-refractivity contribution in [3.05, 3.63) is 0 Å². The molecule has 0 spiro atoms. The van der Waals surface area contributed by atoms with Gasteiger partial charge in [0.15, 0.2) is 0 Å². The molecule has 5 atom stereocenters. The summed E-state index contributed by atoms with van der Waals surface area (Å²) < 4.78 is 32.9. The van der Waals surface area contributed by atoms with Crippen LogP contribution in [0, 0.1) is 0 Å². The van der Waals surface area contributed by atoms with E-state index in [1.807, 2.05) is 7.85 Å². The van der Waals surface area contributed by atoms with Gasteiger partial charge < -0.3 is 24.2 Å². The number of aliphatic hydroxyl groups excluding tert-OH is 1. The van der Waals surface area contributed by atoms with E-state index in [4.69, 9.17) is 23.8 Å². The summed E-state index contributed by atoms with van der Waals surface area (Å²) in [4.78, 5) is 9.38. The maximum Gasteiger partial charge on any atom is 0.325 e. The van der Waals surface area contributed by atoms with E-state index >= 15 is 0 Å². The van der Waals surface area contributed by atoms with Gasteiger partial charge in [0, 0.05) is 27.0 Å². The molecule has 3 unspecified atom stereocenters. The maximum atomic E-state index is 11.4. The average Bonchev–Trinajstić information content (AvgIpc) is 2.56. The zero-order chi connectivity index (χ0) is 14.5. The Labute approximate surface area is 114 Å².